The first-order valence-electron chi connectivity index (χ1n) is 2.32. The van der Waals surface area contributed by atoms with Crippen molar-refractivity contribution in [1.29, 1.82) is 0 Å². The maximum atomic E-state index is 9.22. The van der Waals surface area contributed by atoms with Gasteiger partial charge in [-0.15, -0.1) is 0 Å². The maximum absolute atomic E-state index is 9.22. The Labute approximate surface area is 132 Å². The normalized spacial score (nSPS) is 13.7. The van der Waals surface area contributed by atoms with Crippen molar-refractivity contribution in [3.05, 3.63) is 0 Å². The summed E-state index contributed by atoms with van der Waals surface area (Å²) < 4.78 is 7.32. The summed E-state index contributed by atoms with van der Waals surface area (Å²) in [6.45, 7) is 0. The molecule has 74 valence electrons. The predicted molar refractivity (Wildman–Crippen MR) is 31.5 cm³/mol. The van der Waals surface area contributed by atoms with E-state index < -0.39 is 10.9 Å². The van der Waals surface area contributed by atoms with Crippen LogP contribution in [-0.4, -0.2) is 21.1 Å². The largest absolute Gasteiger partial charge is 1.00 e. The standard InChI is InChI=1S/C2H6O8S2.2Na/c3-1(11-9-7-5)2(4)12-10-8-6;;/h1-6H;;/q;2*+1/p-2. The molecule has 0 fully saturated rings. The van der Waals surface area contributed by atoms with Gasteiger partial charge in [0, 0.05) is 0 Å². The van der Waals surface area contributed by atoms with Gasteiger partial charge in [0.15, 0.2) is 10.9 Å². The van der Waals surface area contributed by atoms with Gasteiger partial charge in [-0.25, -0.2) is 0 Å². The van der Waals surface area contributed by atoms with Crippen LogP contribution in [0.1, 0.15) is 0 Å². The molecule has 0 amide bonds. The molecule has 0 aliphatic heterocycles. The number of rotatable bonds is 7. The molecule has 0 saturated heterocycles. The molecule has 0 bridgehead atoms. The van der Waals surface area contributed by atoms with Gasteiger partial charge in [0.05, 0.1) is 24.1 Å². The van der Waals surface area contributed by atoms with E-state index in [9.17, 15) is 10.5 Å². The van der Waals surface area contributed by atoms with Crippen LogP contribution in [0, 0.1) is 0 Å². The monoisotopic (exact) mass is 266 g/mol. The van der Waals surface area contributed by atoms with E-state index in [0.29, 0.717) is 0 Å². The molecular formula is C2H4Na2O8S2. The Morgan fingerprint density at radius 3 is 1.36 bits per heavy atom. The third-order valence-corrected chi connectivity index (χ3v) is 1.93. The zero-order valence-corrected chi connectivity index (χ0v) is 12.9. The fraction of sp³-hybridized carbons (Fsp3) is 1.00. The summed E-state index contributed by atoms with van der Waals surface area (Å²) in [5.74, 6) is 0. The second-order valence-electron chi connectivity index (χ2n) is 1.25. The Bertz CT molecular complexity index is 97.3. The fourth-order valence-electron chi connectivity index (χ4n) is 0.208. The van der Waals surface area contributed by atoms with Crippen LogP contribution >= 0.6 is 24.1 Å². The topological polar surface area (TPSA) is 124 Å². The molecule has 12 heteroatoms. The molecule has 0 aliphatic carbocycles. The van der Waals surface area contributed by atoms with Gasteiger partial charge in [-0.1, -0.05) is 0 Å². The number of hydrogen-bond acceptors (Lipinski definition) is 10. The Hall–Kier alpha value is 2.38. The first kappa shape index (κ1) is 21.6. The van der Waals surface area contributed by atoms with Crippen molar-refractivity contribution in [2.75, 3.05) is 0 Å². The van der Waals surface area contributed by atoms with Gasteiger partial charge in [0.25, 0.3) is 0 Å². The van der Waals surface area contributed by atoms with E-state index in [1.165, 1.54) is 0 Å². The molecule has 2 atom stereocenters. The molecule has 0 aromatic rings. The average Bonchev–Trinajstić information content (AvgIpc) is 2.10. The zero-order chi connectivity index (χ0) is 9.40. The van der Waals surface area contributed by atoms with Crippen LogP contribution in [0.5, 0.6) is 0 Å². The molecule has 8 nitrogen and oxygen atoms in total. The molecule has 0 radical (unpaired) electrons. The molecular weight excluding hydrogens is 262 g/mol. The van der Waals surface area contributed by atoms with Gasteiger partial charge in [-0.05, 0) is 0 Å². The molecule has 0 spiro atoms. The first-order valence-corrected chi connectivity index (χ1v) is 3.93. The third-order valence-electron chi connectivity index (χ3n) is 0.575. The van der Waals surface area contributed by atoms with Gasteiger partial charge >= 0.3 is 59.1 Å². The van der Waals surface area contributed by atoms with Crippen LogP contribution in [-0.2, 0) is 18.7 Å². The zero-order valence-electron chi connectivity index (χ0n) is 7.32. The van der Waals surface area contributed by atoms with Gasteiger partial charge < -0.3 is 20.7 Å². The molecule has 14 heavy (non-hydrogen) atoms. The van der Waals surface area contributed by atoms with E-state index in [-0.39, 0.29) is 83.2 Å². The summed E-state index contributed by atoms with van der Waals surface area (Å²) >= 11 is 0.295. The molecule has 0 aliphatic rings. The fourth-order valence-corrected chi connectivity index (χ4v) is 0.895. The van der Waals surface area contributed by atoms with Crippen LogP contribution in [0.25, 0.3) is 0 Å². The third kappa shape index (κ3) is 12.4. The van der Waals surface area contributed by atoms with Crippen molar-refractivity contribution in [3.8, 4) is 0 Å². The number of aliphatic hydroxyl groups is 2. The molecule has 0 rings (SSSR count). The van der Waals surface area contributed by atoms with E-state index in [2.05, 4.69) is 18.7 Å². The minimum absolute atomic E-state index is 0. The van der Waals surface area contributed by atoms with Gasteiger partial charge in [0.1, 0.15) is 0 Å². The van der Waals surface area contributed by atoms with E-state index in [0.717, 1.165) is 0 Å². The Morgan fingerprint density at radius 1 is 0.857 bits per heavy atom. The smallest absolute Gasteiger partial charge is 0.691 e. The minimum Gasteiger partial charge on any atom is -0.691 e. The number of hydrogen-bond donors (Lipinski definition) is 2. The molecule has 0 aromatic carbocycles. The van der Waals surface area contributed by atoms with Gasteiger partial charge in [0.2, 0.25) is 0 Å². The summed E-state index contributed by atoms with van der Waals surface area (Å²) in [6.07, 6.45) is 0. The van der Waals surface area contributed by atoms with E-state index in [1.54, 1.807) is 0 Å². The second-order valence-corrected chi connectivity index (χ2v) is 2.87. The van der Waals surface area contributed by atoms with Crippen LogP contribution in [0.2, 0.25) is 0 Å². The van der Waals surface area contributed by atoms with E-state index >= 15 is 0 Å². The molecule has 0 saturated carbocycles. The second kappa shape index (κ2) is 15.4. The first-order chi connectivity index (χ1) is 5.72. The van der Waals surface area contributed by atoms with E-state index in [1.807, 2.05) is 0 Å². The van der Waals surface area contributed by atoms with Crippen LogP contribution in [0.3, 0.4) is 0 Å². The number of aliphatic hydroxyl groups excluding tert-OH is 2. The average molecular weight is 266 g/mol. The molecule has 2 N–H and O–H groups in total. The van der Waals surface area contributed by atoms with Crippen molar-refractivity contribution < 1.29 is 98.6 Å². The summed E-state index contributed by atoms with van der Waals surface area (Å²) in [5.41, 5.74) is -3.03. The Balaban J connectivity index is -0.000000605. The summed E-state index contributed by atoms with van der Waals surface area (Å²) in [7, 11) is 0. The SMILES string of the molecule is [Na+].[Na+].[O-]OOSC(O)C(O)SOO[O-]. The van der Waals surface area contributed by atoms with Crippen molar-refractivity contribution in [1.82, 2.24) is 0 Å². The van der Waals surface area contributed by atoms with Crippen molar-refractivity contribution in [2.45, 2.75) is 10.9 Å². The van der Waals surface area contributed by atoms with Crippen LogP contribution < -0.4 is 69.6 Å². The van der Waals surface area contributed by atoms with Crippen molar-refractivity contribution in [3.63, 3.8) is 0 Å². The van der Waals surface area contributed by atoms with Crippen molar-refractivity contribution >= 4 is 24.1 Å². The quantitative estimate of drug-likeness (QED) is 0.151. The summed E-state index contributed by atoms with van der Waals surface area (Å²) in [6, 6.07) is 0. The van der Waals surface area contributed by atoms with E-state index in [4.69, 9.17) is 10.2 Å². The van der Waals surface area contributed by atoms with Crippen LogP contribution in [0.15, 0.2) is 0 Å². The Kier molecular flexibility index (Phi) is 23.8. The molecule has 0 heterocycles. The maximum Gasteiger partial charge on any atom is 1.00 e. The molecule has 0 aromatic heterocycles. The van der Waals surface area contributed by atoms with Crippen molar-refractivity contribution in [2.24, 2.45) is 0 Å². The van der Waals surface area contributed by atoms with Gasteiger partial charge in [-0.2, -0.15) is 8.67 Å². The van der Waals surface area contributed by atoms with Crippen LogP contribution in [0.4, 0.5) is 0 Å². The molecule has 2 unspecified atom stereocenters. The summed E-state index contributed by atoms with van der Waals surface area (Å²) in [5, 5.41) is 41.7. The Morgan fingerprint density at radius 2 is 1.14 bits per heavy atom. The summed E-state index contributed by atoms with van der Waals surface area (Å²) in [4.78, 5) is 0. The van der Waals surface area contributed by atoms with Gasteiger partial charge in [-0.3, -0.25) is 10.1 Å². The predicted octanol–water partition coefficient (Wildman–Crippen LogP) is -8.63. The minimum atomic E-state index is -1.51.